The van der Waals surface area contributed by atoms with Gasteiger partial charge in [0, 0.05) is 16.9 Å². The highest BCUT2D eigenvalue weighted by Gasteiger charge is 2.09. The molecule has 0 aliphatic rings. The van der Waals surface area contributed by atoms with E-state index in [4.69, 9.17) is 5.21 Å². The second-order valence-electron chi connectivity index (χ2n) is 4.64. The highest BCUT2D eigenvalue weighted by Crippen LogP contribution is 2.28. The molecule has 21 heavy (non-hydrogen) atoms. The van der Waals surface area contributed by atoms with Gasteiger partial charge in [-0.2, -0.15) is 0 Å². The molecule has 0 saturated heterocycles. The molecule has 0 radical (unpaired) electrons. The van der Waals surface area contributed by atoms with E-state index in [1.165, 1.54) is 16.9 Å². The molecule has 0 fully saturated rings. The topological polar surface area (TPSA) is 61.4 Å². The van der Waals surface area contributed by atoms with Gasteiger partial charge < -0.3 is 5.32 Å². The summed E-state index contributed by atoms with van der Waals surface area (Å²) in [5.41, 5.74) is 3.87. The van der Waals surface area contributed by atoms with Crippen molar-refractivity contribution in [2.45, 2.75) is 6.54 Å². The summed E-state index contributed by atoms with van der Waals surface area (Å²) in [6, 6.07) is 17.9. The fourth-order valence-corrected chi connectivity index (χ4v) is 3.05. The summed E-state index contributed by atoms with van der Waals surface area (Å²) in [6.45, 7) is 0.750. The van der Waals surface area contributed by atoms with Gasteiger partial charge >= 0.3 is 0 Å². The van der Waals surface area contributed by atoms with Crippen LogP contribution in [0.25, 0.3) is 10.1 Å². The van der Waals surface area contributed by atoms with Gasteiger partial charge in [0.15, 0.2) is 0 Å². The lowest BCUT2D eigenvalue weighted by atomic mass is 10.2. The summed E-state index contributed by atoms with van der Waals surface area (Å²) >= 11 is 1.35. The minimum atomic E-state index is -0.477. The number of fused-ring (bicyclic) bond motifs is 1. The van der Waals surface area contributed by atoms with E-state index in [0.717, 1.165) is 22.3 Å². The summed E-state index contributed by atoms with van der Waals surface area (Å²) in [5, 5.41) is 13.0. The lowest BCUT2D eigenvalue weighted by Crippen LogP contribution is -2.16. The average molecular weight is 298 g/mol. The van der Waals surface area contributed by atoms with Crippen LogP contribution in [0.1, 0.15) is 15.2 Å². The molecule has 0 spiro atoms. The molecule has 0 aliphatic carbocycles. The molecule has 106 valence electrons. The predicted octanol–water partition coefficient (Wildman–Crippen LogP) is 3.63. The minimum absolute atomic E-state index is 0.477. The molecule has 3 rings (SSSR count). The average Bonchev–Trinajstić information content (AvgIpc) is 2.96. The molecule has 0 bridgehead atoms. The van der Waals surface area contributed by atoms with E-state index in [1.54, 1.807) is 11.5 Å². The first-order chi connectivity index (χ1) is 10.3. The first kappa shape index (κ1) is 13.6. The molecule has 1 aromatic heterocycles. The number of hydrogen-bond acceptors (Lipinski definition) is 4. The first-order valence-electron chi connectivity index (χ1n) is 6.52. The number of hydroxylamine groups is 1. The number of carbonyl (C=O) groups excluding carboxylic acids is 1. The zero-order valence-corrected chi connectivity index (χ0v) is 12.0. The van der Waals surface area contributed by atoms with Gasteiger partial charge in [-0.1, -0.05) is 30.3 Å². The van der Waals surface area contributed by atoms with E-state index in [9.17, 15) is 4.79 Å². The maximum Gasteiger partial charge on any atom is 0.284 e. The monoisotopic (exact) mass is 298 g/mol. The number of hydrogen-bond donors (Lipinski definition) is 3. The van der Waals surface area contributed by atoms with Crippen LogP contribution in [-0.2, 0) is 6.54 Å². The summed E-state index contributed by atoms with van der Waals surface area (Å²) in [5.74, 6) is -0.477. The van der Waals surface area contributed by atoms with Gasteiger partial charge in [0.2, 0.25) is 0 Å². The Hall–Kier alpha value is -2.37. The van der Waals surface area contributed by atoms with Crippen molar-refractivity contribution in [1.82, 2.24) is 5.48 Å². The largest absolute Gasteiger partial charge is 0.381 e. The third-order valence-corrected chi connectivity index (χ3v) is 4.30. The fraction of sp³-hybridized carbons (Fsp3) is 0.0625. The Morgan fingerprint density at radius 1 is 1.10 bits per heavy atom. The maximum absolute atomic E-state index is 11.4. The lowest BCUT2D eigenvalue weighted by molar-refractivity contribution is 0.0711. The molecule has 3 N–H and O–H groups in total. The van der Waals surface area contributed by atoms with E-state index in [2.05, 4.69) is 17.4 Å². The van der Waals surface area contributed by atoms with Crippen molar-refractivity contribution in [2.75, 3.05) is 5.32 Å². The van der Waals surface area contributed by atoms with Crippen LogP contribution in [0.5, 0.6) is 0 Å². The second-order valence-corrected chi connectivity index (χ2v) is 5.73. The van der Waals surface area contributed by atoms with Gasteiger partial charge in [0.05, 0.1) is 4.88 Å². The van der Waals surface area contributed by atoms with Crippen LogP contribution in [0.15, 0.2) is 54.6 Å². The van der Waals surface area contributed by atoms with Crippen molar-refractivity contribution in [2.24, 2.45) is 0 Å². The quantitative estimate of drug-likeness (QED) is 0.509. The van der Waals surface area contributed by atoms with Gasteiger partial charge in [-0.3, -0.25) is 10.0 Å². The SMILES string of the molecule is O=C(NO)c1cc2cc(NCc3ccccc3)ccc2s1. The molecule has 0 unspecified atom stereocenters. The first-order valence-corrected chi connectivity index (χ1v) is 7.34. The minimum Gasteiger partial charge on any atom is -0.381 e. The Kier molecular flexibility index (Phi) is 3.85. The number of benzene rings is 2. The van der Waals surface area contributed by atoms with Crippen LogP contribution in [0.4, 0.5) is 5.69 Å². The maximum atomic E-state index is 11.4. The number of anilines is 1. The van der Waals surface area contributed by atoms with E-state index in [-0.39, 0.29) is 0 Å². The lowest BCUT2D eigenvalue weighted by Gasteiger charge is -2.06. The summed E-state index contributed by atoms with van der Waals surface area (Å²) in [4.78, 5) is 11.9. The smallest absolute Gasteiger partial charge is 0.284 e. The Morgan fingerprint density at radius 2 is 1.90 bits per heavy atom. The van der Waals surface area contributed by atoms with Crippen LogP contribution < -0.4 is 10.8 Å². The van der Waals surface area contributed by atoms with Crippen LogP contribution in [0.3, 0.4) is 0 Å². The van der Waals surface area contributed by atoms with E-state index >= 15 is 0 Å². The van der Waals surface area contributed by atoms with E-state index in [0.29, 0.717) is 4.88 Å². The van der Waals surface area contributed by atoms with Crippen molar-refractivity contribution >= 4 is 33.0 Å². The fourth-order valence-electron chi connectivity index (χ4n) is 2.12. The van der Waals surface area contributed by atoms with Gasteiger partial charge in [0.25, 0.3) is 5.91 Å². The van der Waals surface area contributed by atoms with Crippen molar-refractivity contribution in [3.63, 3.8) is 0 Å². The Balaban J connectivity index is 1.79. The molecule has 3 aromatic rings. The molecular weight excluding hydrogens is 284 g/mol. The third kappa shape index (κ3) is 3.04. The van der Waals surface area contributed by atoms with Crippen LogP contribution in [0, 0.1) is 0 Å². The predicted molar refractivity (Wildman–Crippen MR) is 84.8 cm³/mol. The Labute approximate surface area is 126 Å². The zero-order valence-electron chi connectivity index (χ0n) is 11.2. The van der Waals surface area contributed by atoms with Crippen LogP contribution >= 0.6 is 11.3 Å². The summed E-state index contributed by atoms with van der Waals surface area (Å²) < 4.78 is 1.01. The van der Waals surface area contributed by atoms with Crippen molar-refractivity contribution in [3.8, 4) is 0 Å². The number of thiophene rings is 1. The molecule has 0 atom stereocenters. The Bertz CT molecular complexity index is 768. The van der Waals surface area contributed by atoms with Crippen LogP contribution in [0.2, 0.25) is 0 Å². The zero-order chi connectivity index (χ0) is 14.7. The van der Waals surface area contributed by atoms with Gasteiger partial charge in [-0.05, 0) is 35.2 Å². The van der Waals surface area contributed by atoms with E-state index < -0.39 is 5.91 Å². The highest BCUT2D eigenvalue weighted by molar-refractivity contribution is 7.20. The normalized spacial score (nSPS) is 10.5. The van der Waals surface area contributed by atoms with Crippen LogP contribution in [-0.4, -0.2) is 11.1 Å². The molecular formula is C16H14N2O2S. The van der Waals surface area contributed by atoms with Crippen molar-refractivity contribution < 1.29 is 10.0 Å². The standard InChI is InChI=1S/C16H14N2O2S/c19-16(18-20)15-9-12-8-13(6-7-14(12)21-15)17-10-11-4-2-1-3-5-11/h1-9,17,20H,10H2,(H,18,19). The molecule has 2 aromatic carbocycles. The summed E-state index contributed by atoms with van der Waals surface area (Å²) in [6.07, 6.45) is 0. The van der Waals surface area contributed by atoms with Gasteiger partial charge in [-0.25, -0.2) is 5.48 Å². The van der Waals surface area contributed by atoms with Gasteiger partial charge in [-0.15, -0.1) is 11.3 Å². The third-order valence-electron chi connectivity index (χ3n) is 3.18. The summed E-state index contributed by atoms with van der Waals surface area (Å²) in [7, 11) is 0. The molecule has 4 nitrogen and oxygen atoms in total. The van der Waals surface area contributed by atoms with E-state index in [1.807, 2.05) is 36.4 Å². The highest BCUT2D eigenvalue weighted by atomic mass is 32.1. The molecule has 1 heterocycles. The van der Waals surface area contributed by atoms with Gasteiger partial charge in [0.1, 0.15) is 0 Å². The molecule has 5 heteroatoms. The van der Waals surface area contributed by atoms with Crippen molar-refractivity contribution in [1.29, 1.82) is 0 Å². The van der Waals surface area contributed by atoms with Crippen molar-refractivity contribution in [3.05, 3.63) is 65.0 Å². The molecule has 1 amide bonds. The number of nitrogens with one attached hydrogen (secondary N) is 2. The molecule has 0 saturated carbocycles. The second kappa shape index (κ2) is 5.95. The molecule has 0 aliphatic heterocycles. The number of amides is 1. The Morgan fingerprint density at radius 3 is 2.67 bits per heavy atom. The number of rotatable bonds is 4. The number of carbonyl (C=O) groups is 1.